The highest BCUT2D eigenvalue weighted by molar-refractivity contribution is 5.95. The third-order valence-corrected chi connectivity index (χ3v) is 2.70. The molecule has 1 saturated heterocycles. The lowest BCUT2D eigenvalue weighted by Crippen LogP contribution is -2.49. The summed E-state index contributed by atoms with van der Waals surface area (Å²) in [5, 5.41) is 4.90. The zero-order valence-electron chi connectivity index (χ0n) is 10.4. The van der Waals surface area contributed by atoms with Gasteiger partial charge in [0.15, 0.2) is 0 Å². The van der Waals surface area contributed by atoms with Crippen molar-refractivity contribution in [1.29, 1.82) is 0 Å². The fraction of sp³-hybridized carbons (Fsp3) is 0.818. The Hall–Kier alpha value is -1.14. The topological polar surface area (TPSA) is 87.5 Å². The summed E-state index contributed by atoms with van der Waals surface area (Å²) in [6, 6.07) is -0.274. The Morgan fingerprint density at radius 2 is 2.24 bits per heavy atom. The molecular weight excluding hydrogens is 220 g/mol. The number of amides is 3. The van der Waals surface area contributed by atoms with Crippen molar-refractivity contribution in [3.63, 3.8) is 0 Å². The van der Waals surface area contributed by atoms with Crippen molar-refractivity contribution in [2.45, 2.75) is 32.2 Å². The van der Waals surface area contributed by atoms with Gasteiger partial charge in [-0.1, -0.05) is 6.92 Å². The van der Waals surface area contributed by atoms with Crippen LogP contribution in [-0.4, -0.2) is 49.1 Å². The molecule has 0 aromatic rings. The number of hydrogen-bond acceptors (Lipinski definition) is 4. The third-order valence-electron chi connectivity index (χ3n) is 2.70. The van der Waals surface area contributed by atoms with Gasteiger partial charge in [0.1, 0.15) is 0 Å². The Kier molecular flexibility index (Phi) is 5.93. The zero-order chi connectivity index (χ0) is 12.7. The van der Waals surface area contributed by atoms with Crippen LogP contribution in [-0.2, 0) is 4.79 Å². The fourth-order valence-electron chi connectivity index (χ4n) is 1.89. The predicted molar refractivity (Wildman–Crippen MR) is 65.5 cm³/mol. The van der Waals surface area contributed by atoms with Crippen molar-refractivity contribution in [3.05, 3.63) is 0 Å². The zero-order valence-corrected chi connectivity index (χ0v) is 10.4. The lowest BCUT2D eigenvalue weighted by molar-refractivity contribution is -0.121. The van der Waals surface area contributed by atoms with Gasteiger partial charge in [0.2, 0.25) is 5.91 Å². The van der Waals surface area contributed by atoms with Crippen molar-refractivity contribution in [2.75, 3.05) is 26.2 Å². The number of likely N-dealkylation sites (tertiary alicyclic amines) is 1. The van der Waals surface area contributed by atoms with E-state index in [9.17, 15) is 9.59 Å². The summed E-state index contributed by atoms with van der Waals surface area (Å²) in [6.45, 7) is 4.37. The minimum atomic E-state index is -0.418. The highest BCUT2D eigenvalue weighted by Crippen LogP contribution is 2.07. The van der Waals surface area contributed by atoms with Gasteiger partial charge in [-0.25, -0.2) is 4.79 Å². The van der Waals surface area contributed by atoms with Crippen molar-refractivity contribution in [3.8, 4) is 0 Å². The molecule has 17 heavy (non-hydrogen) atoms. The van der Waals surface area contributed by atoms with Crippen LogP contribution in [0.2, 0.25) is 0 Å². The number of carbonyl (C=O) groups is 2. The number of rotatable bonds is 4. The summed E-state index contributed by atoms with van der Waals surface area (Å²) in [5.41, 5.74) is 5.82. The summed E-state index contributed by atoms with van der Waals surface area (Å²) < 4.78 is 0. The molecule has 4 N–H and O–H groups in total. The smallest absolute Gasteiger partial charge is 0.321 e. The lowest BCUT2D eigenvalue weighted by atomic mass is 10.1. The standard InChI is InChI=1S/C11H22N4O2/c1-2-5-13-11(17)14-10(16)8-15-6-3-4-9(12)7-15/h9H,2-8,12H2,1H3,(H2,13,14,16,17)/t9-/m1/s1. The molecule has 0 aromatic carbocycles. The average molecular weight is 242 g/mol. The normalized spacial score (nSPS) is 20.9. The fourth-order valence-corrected chi connectivity index (χ4v) is 1.89. The molecule has 1 heterocycles. The Morgan fingerprint density at radius 1 is 1.47 bits per heavy atom. The summed E-state index contributed by atoms with van der Waals surface area (Å²) in [4.78, 5) is 24.8. The Bertz CT molecular complexity index is 270. The first kappa shape index (κ1) is 13.9. The maximum atomic E-state index is 11.5. The number of nitrogens with zero attached hydrogens (tertiary/aromatic N) is 1. The molecule has 0 saturated carbocycles. The maximum absolute atomic E-state index is 11.5. The number of carbonyl (C=O) groups excluding carboxylic acids is 2. The molecule has 3 amide bonds. The average Bonchev–Trinajstić information content (AvgIpc) is 2.26. The van der Waals surface area contributed by atoms with Crippen molar-refractivity contribution in [2.24, 2.45) is 5.73 Å². The Morgan fingerprint density at radius 3 is 2.88 bits per heavy atom. The molecule has 0 unspecified atom stereocenters. The second-order valence-electron chi connectivity index (χ2n) is 4.44. The van der Waals surface area contributed by atoms with E-state index in [2.05, 4.69) is 10.6 Å². The van der Waals surface area contributed by atoms with E-state index in [-0.39, 0.29) is 18.5 Å². The van der Waals surface area contributed by atoms with Gasteiger partial charge in [-0.2, -0.15) is 0 Å². The molecule has 0 spiro atoms. The molecule has 1 atom stereocenters. The van der Waals surface area contributed by atoms with Gasteiger partial charge in [-0.15, -0.1) is 0 Å². The summed E-state index contributed by atoms with van der Waals surface area (Å²) in [6.07, 6.45) is 2.87. The quantitative estimate of drug-likeness (QED) is 0.628. The van der Waals surface area contributed by atoms with Gasteiger partial charge in [-0.3, -0.25) is 15.0 Å². The number of nitrogens with two attached hydrogens (primary N) is 1. The summed E-state index contributed by atoms with van der Waals surface area (Å²) >= 11 is 0. The first-order valence-electron chi connectivity index (χ1n) is 6.17. The summed E-state index contributed by atoms with van der Waals surface area (Å²) in [5.74, 6) is -0.271. The van der Waals surface area contributed by atoms with Crippen LogP contribution in [0.3, 0.4) is 0 Å². The van der Waals surface area contributed by atoms with Crippen molar-refractivity contribution < 1.29 is 9.59 Å². The number of piperidine rings is 1. The van der Waals surface area contributed by atoms with E-state index in [0.29, 0.717) is 6.54 Å². The molecule has 6 nitrogen and oxygen atoms in total. The number of urea groups is 1. The third kappa shape index (κ3) is 5.65. The molecule has 0 aliphatic carbocycles. The number of imide groups is 1. The van der Waals surface area contributed by atoms with Crippen LogP contribution < -0.4 is 16.4 Å². The largest absolute Gasteiger partial charge is 0.338 e. The van der Waals surface area contributed by atoms with E-state index in [1.807, 2.05) is 11.8 Å². The highest BCUT2D eigenvalue weighted by atomic mass is 16.2. The first-order valence-corrected chi connectivity index (χ1v) is 6.17. The molecule has 1 aliphatic heterocycles. The van der Waals surface area contributed by atoms with E-state index < -0.39 is 6.03 Å². The predicted octanol–water partition coefficient (Wildman–Crippen LogP) is -0.355. The van der Waals surface area contributed by atoms with E-state index in [0.717, 1.165) is 32.4 Å². The van der Waals surface area contributed by atoms with Gasteiger partial charge in [0.05, 0.1) is 6.54 Å². The van der Waals surface area contributed by atoms with Crippen molar-refractivity contribution in [1.82, 2.24) is 15.5 Å². The molecule has 1 rings (SSSR count). The number of hydrogen-bond donors (Lipinski definition) is 3. The second-order valence-corrected chi connectivity index (χ2v) is 4.44. The molecule has 1 aliphatic rings. The Balaban J connectivity index is 2.21. The molecule has 98 valence electrons. The molecule has 6 heteroatoms. The van der Waals surface area contributed by atoms with Gasteiger partial charge >= 0.3 is 6.03 Å². The first-order chi connectivity index (χ1) is 8.11. The Labute approximate surface area is 102 Å². The van der Waals surface area contributed by atoms with Crippen LogP contribution in [0.1, 0.15) is 26.2 Å². The van der Waals surface area contributed by atoms with Gasteiger partial charge in [-0.05, 0) is 25.8 Å². The lowest BCUT2D eigenvalue weighted by Gasteiger charge is -2.29. The van der Waals surface area contributed by atoms with E-state index >= 15 is 0 Å². The monoisotopic (exact) mass is 242 g/mol. The van der Waals surface area contributed by atoms with Gasteiger partial charge in [0, 0.05) is 19.1 Å². The van der Waals surface area contributed by atoms with E-state index in [4.69, 9.17) is 5.73 Å². The maximum Gasteiger partial charge on any atom is 0.321 e. The van der Waals surface area contributed by atoms with Crippen LogP contribution in [0.5, 0.6) is 0 Å². The van der Waals surface area contributed by atoms with Gasteiger partial charge in [0.25, 0.3) is 0 Å². The van der Waals surface area contributed by atoms with E-state index in [1.165, 1.54) is 0 Å². The minimum absolute atomic E-state index is 0.144. The van der Waals surface area contributed by atoms with Crippen molar-refractivity contribution >= 4 is 11.9 Å². The minimum Gasteiger partial charge on any atom is -0.338 e. The molecule has 0 radical (unpaired) electrons. The van der Waals surface area contributed by atoms with Crippen LogP contribution >= 0.6 is 0 Å². The van der Waals surface area contributed by atoms with Gasteiger partial charge < -0.3 is 11.1 Å². The SMILES string of the molecule is CCCNC(=O)NC(=O)CN1CCC[C@@H](N)C1. The molecule has 0 bridgehead atoms. The van der Waals surface area contributed by atoms with E-state index in [1.54, 1.807) is 0 Å². The molecule has 0 aromatic heterocycles. The number of nitrogens with one attached hydrogen (secondary N) is 2. The van der Waals surface area contributed by atoms with Crippen LogP contribution in [0.4, 0.5) is 4.79 Å². The molecule has 1 fully saturated rings. The van der Waals surface area contributed by atoms with Crippen LogP contribution in [0.25, 0.3) is 0 Å². The molecular formula is C11H22N4O2. The van der Waals surface area contributed by atoms with Crippen LogP contribution in [0, 0.1) is 0 Å². The van der Waals surface area contributed by atoms with Crippen LogP contribution in [0.15, 0.2) is 0 Å². The second kappa shape index (κ2) is 7.24. The highest BCUT2D eigenvalue weighted by Gasteiger charge is 2.19. The summed E-state index contributed by atoms with van der Waals surface area (Å²) in [7, 11) is 0.